The van der Waals surface area contributed by atoms with E-state index >= 15 is 0 Å². The molecule has 0 saturated carbocycles. The van der Waals surface area contributed by atoms with Crippen LogP contribution in [0.5, 0.6) is 5.75 Å². The van der Waals surface area contributed by atoms with Gasteiger partial charge in [-0.3, -0.25) is 0 Å². The van der Waals surface area contributed by atoms with Crippen LogP contribution in [0, 0.1) is 0 Å². The Balaban J connectivity index is 1.88. The lowest BCUT2D eigenvalue weighted by molar-refractivity contribution is -0.0786. The van der Waals surface area contributed by atoms with Crippen molar-refractivity contribution in [3.63, 3.8) is 0 Å². The van der Waals surface area contributed by atoms with Gasteiger partial charge in [-0.25, -0.2) is 4.79 Å². The first-order valence-electron chi connectivity index (χ1n) is 7.39. The molecule has 1 aliphatic heterocycles. The molecule has 6 nitrogen and oxygen atoms in total. The number of aliphatic hydroxyl groups is 3. The van der Waals surface area contributed by atoms with Gasteiger partial charge in [0.2, 0.25) is 0 Å². The van der Waals surface area contributed by atoms with Crippen LogP contribution in [0.1, 0.15) is 12.5 Å². The highest BCUT2D eigenvalue weighted by atomic mass is 32.2. The SMILES string of the molecule is CCc1cc(=O)oc2cc(O[C@H]3SC[C@@H](O)[C@H](O)[C@H]3O)ccc12. The average molecular weight is 338 g/mol. The second-order valence-electron chi connectivity index (χ2n) is 5.47. The van der Waals surface area contributed by atoms with Crippen molar-refractivity contribution in [3.8, 4) is 5.75 Å². The van der Waals surface area contributed by atoms with Gasteiger partial charge in [0.1, 0.15) is 23.5 Å². The van der Waals surface area contributed by atoms with Gasteiger partial charge >= 0.3 is 5.63 Å². The fraction of sp³-hybridized carbons (Fsp3) is 0.438. The zero-order valence-corrected chi connectivity index (χ0v) is 13.3. The number of aliphatic hydroxyl groups excluding tert-OH is 3. The average Bonchev–Trinajstić information content (AvgIpc) is 2.54. The normalized spacial score (nSPS) is 28.0. The molecule has 1 aliphatic rings. The molecule has 3 N–H and O–H groups in total. The number of rotatable bonds is 3. The molecule has 0 bridgehead atoms. The predicted molar refractivity (Wildman–Crippen MR) is 86.8 cm³/mol. The lowest BCUT2D eigenvalue weighted by Gasteiger charge is -2.34. The van der Waals surface area contributed by atoms with Crippen LogP contribution in [0.4, 0.5) is 0 Å². The minimum absolute atomic E-state index is 0.269. The Bertz CT molecular complexity index is 758. The van der Waals surface area contributed by atoms with E-state index in [1.165, 1.54) is 17.8 Å². The van der Waals surface area contributed by atoms with Crippen molar-refractivity contribution in [2.24, 2.45) is 0 Å². The van der Waals surface area contributed by atoms with E-state index in [9.17, 15) is 20.1 Å². The maximum absolute atomic E-state index is 11.6. The van der Waals surface area contributed by atoms with Crippen molar-refractivity contribution in [3.05, 3.63) is 40.2 Å². The van der Waals surface area contributed by atoms with Crippen molar-refractivity contribution >= 4 is 22.7 Å². The van der Waals surface area contributed by atoms with E-state index in [4.69, 9.17) is 9.15 Å². The van der Waals surface area contributed by atoms with Gasteiger partial charge in [0.15, 0.2) is 5.44 Å². The molecule has 1 fully saturated rings. The molecule has 2 heterocycles. The first kappa shape index (κ1) is 16.3. The highest BCUT2D eigenvalue weighted by Crippen LogP contribution is 2.31. The summed E-state index contributed by atoms with van der Waals surface area (Å²) >= 11 is 1.22. The summed E-state index contributed by atoms with van der Waals surface area (Å²) in [5, 5.41) is 30.1. The van der Waals surface area contributed by atoms with Crippen LogP contribution in [0.3, 0.4) is 0 Å². The zero-order valence-electron chi connectivity index (χ0n) is 12.5. The van der Waals surface area contributed by atoms with Crippen molar-refractivity contribution in [2.75, 3.05) is 5.75 Å². The first-order chi connectivity index (χ1) is 11.0. The maximum Gasteiger partial charge on any atom is 0.336 e. The standard InChI is InChI=1S/C16H18O6S/c1-2-8-5-13(18)22-12-6-9(3-4-10(8)12)21-16-15(20)14(19)11(17)7-23-16/h3-6,11,14-17,19-20H,2,7H2,1H3/t11-,14+,15-,16+/m1/s1. The minimum atomic E-state index is -1.24. The molecule has 0 aliphatic carbocycles. The Labute approximate surface area is 136 Å². The number of hydrogen-bond acceptors (Lipinski definition) is 7. The summed E-state index contributed by atoms with van der Waals surface area (Å²) in [5.74, 6) is 0.694. The molecule has 0 radical (unpaired) electrons. The Hall–Kier alpha value is -1.54. The molecule has 0 unspecified atom stereocenters. The number of aryl methyl sites for hydroxylation is 1. The Morgan fingerprint density at radius 3 is 2.78 bits per heavy atom. The van der Waals surface area contributed by atoms with Crippen LogP contribution in [0.25, 0.3) is 11.0 Å². The van der Waals surface area contributed by atoms with Crippen molar-refractivity contribution < 1.29 is 24.5 Å². The number of ether oxygens (including phenoxy) is 1. The molecular formula is C16H18O6S. The van der Waals surface area contributed by atoms with Crippen LogP contribution in [0.15, 0.2) is 33.5 Å². The second-order valence-corrected chi connectivity index (χ2v) is 6.60. The topological polar surface area (TPSA) is 100 Å². The zero-order chi connectivity index (χ0) is 16.6. The fourth-order valence-corrected chi connectivity index (χ4v) is 3.71. The molecule has 23 heavy (non-hydrogen) atoms. The highest BCUT2D eigenvalue weighted by Gasteiger charge is 2.38. The summed E-state index contributed by atoms with van der Waals surface area (Å²) in [6, 6.07) is 6.60. The number of fused-ring (bicyclic) bond motifs is 1. The number of hydrogen-bond donors (Lipinski definition) is 3. The third kappa shape index (κ3) is 3.23. The van der Waals surface area contributed by atoms with Crippen LogP contribution in [-0.4, -0.2) is 44.8 Å². The third-order valence-electron chi connectivity index (χ3n) is 3.89. The van der Waals surface area contributed by atoms with E-state index in [0.29, 0.717) is 17.8 Å². The molecule has 0 amide bonds. The Morgan fingerprint density at radius 2 is 2.04 bits per heavy atom. The minimum Gasteiger partial charge on any atom is -0.477 e. The molecule has 2 aromatic rings. The van der Waals surface area contributed by atoms with Gasteiger partial charge in [0.05, 0.1) is 6.10 Å². The van der Waals surface area contributed by atoms with E-state index in [1.54, 1.807) is 18.2 Å². The van der Waals surface area contributed by atoms with Gasteiger partial charge in [-0.15, -0.1) is 11.8 Å². The van der Waals surface area contributed by atoms with Gasteiger partial charge < -0.3 is 24.5 Å². The van der Waals surface area contributed by atoms with E-state index in [2.05, 4.69) is 0 Å². The molecule has 1 aromatic carbocycles. The summed E-state index contributed by atoms with van der Waals surface area (Å²) in [4.78, 5) is 11.6. The fourth-order valence-electron chi connectivity index (χ4n) is 2.59. The molecule has 3 rings (SSSR count). The van der Waals surface area contributed by atoms with E-state index < -0.39 is 29.4 Å². The summed E-state index contributed by atoms with van der Waals surface area (Å²) in [6.07, 6.45) is -2.71. The molecule has 1 aromatic heterocycles. The van der Waals surface area contributed by atoms with Gasteiger partial charge in [-0.05, 0) is 24.1 Å². The smallest absolute Gasteiger partial charge is 0.336 e. The third-order valence-corrected chi connectivity index (χ3v) is 5.13. The lowest BCUT2D eigenvalue weighted by Crippen LogP contribution is -2.50. The molecule has 7 heteroatoms. The lowest BCUT2D eigenvalue weighted by atomic mass is 10.1. The molecule has 124 valence electrons. The Kier molecular flexibility index (Phi) is 4.63. The number of thioether (sulfide) groups is 1. The van der Waals surface area contributed by atoms with Gasteiger partial charge in [0, 0.05) is 23.3 Å². The number of benzene rings is 1. The van der Waals surface area contributed by atoms with Gasteiger partial charge in [0.25, 0.3) is 0 Å². The van der Waals surface area contributed by atoms with Crippen LogP contribution in [-0.2, 0) is 6.42 Å². The van der Waals surface area contributed by atoms with E-state index in [1.807, 2.05) is 6.92 Å². The predicted octanol–water partition coefficient (Wildman–Crippen LogP) is 0.890. The van der Waals surface area contributed by atoms with E-state index in [0.717, 1.165) is 10.9 Å². The molecule has 4 atom stereocenters. The Morgan fingerprint density at radius 1 is 1.26 bits per heavy atom. The largest absolute Gasteiger partial charge is 0.477 e. The van der Waals surface area contributed by atoms with Gasteiger partial charge in [-0.2, -0.15) is 0 Å². The monoisotopic (exact) mass is 338 g/mol. The summed E-state index contributed by atoms with van der Waals surface area (Å²) in [7, 11) is 0. The summed E-state index contributed by atoms with van der Waals surface area (Å²) < 4.78 is 10.9. The van der Waals surface area contributed by atoms with Crippen LogP contribution in [0.2, 0.25) is 0 Å². The van der Waals surface area contributed by atoms with Crippen molar-refractivity contribution in [1.82, 2.24) is 0 Å². The molecule has 1 saturated heterocycles. The second kappa shape index (κ2) is 6.52. The molecule has 0 spiro atoms. The maximum atomic E-state index is 11.6. The van der Waals surface area contributed by atoms with Crippen LogP contribution < -0.4 is 10.4 Å². The van der Waals surface area contributed by atoms with Crippen LogP contribution >= 0.6 is 11.8 Å². The first-order valence-corrected chi connectivity index (χ1v) is 8.43. The van der Waals surface area contributed by atoms with Gasteiger partial charge in [-0.1, -0.05) is 6.92 Å². The van der Waals surface area contributed by atoms with E-state index in [-0.39, 0.29) is 5.75 Å². The highest BCUT2D eigenvalue weighted by molar-refractivity contribution is 7.99. The quantitative estimate of drug-likeness (QED) is 0.715. The summed E-state index contributed by atoms with van der Waals surface area (Å²) in [6.45, 7) is 1.96. The van der Waals surface area contributed by atoms with Crippen molar-refractivity contribution in [1.29, 1.82) is 0 Å². The summed E-state index contributed by atoms with van der Waals surface area (Å²) in [5.41, 5.74) is 0.195. The van der Waals surface area contributed by atoms with Crippen molar-refractivity contribution in [2.45, 2.75) is 37.1 Å². The molecular weight excluding hydrogens is 320 g/mol.